The van der Waals surface area contributed by atoms with Crippen molar-refractivity contribution < 1.29 is 43.1 Å². The lowest BCUT2D eigenvalue weighted by molar-refractivity contribution is -0.385. The van der Waals surface area contributed by atoms with E-state index in [1.54, 1.807) is 24.3 Å². The Bertz CT molecular complexity index is 2180. The van der Waals surface area contributed by atoms with Crippen molar-refractivity contribution in [1.29, 1.82) is 0 Å². The number of phenolic OH excluding ortho intramolecular Hbond substituents is 3. The number of rotatable bonds is 9. The van der Waals surface area contributed by atoms with E-state index in [2.05, 4.69) is 104 Å². The molecule has 17 nitrogen and oxygen atoms in total. The second kappa shape index (κ2) is 20.8. The van der Waals surface area contributed by atoms with Crippen LogP contribution in [0.1, 0.15) is 45.0 Å². The second-order valence-corrected chi connectivity index (χ2v) is 13.9. The van der Waals surface area contributed by atoms with E-state index in [1.165, 1.54) is 18.2 Å². The van der Waals surface area contributed by atoms with Crippen molar-refractivity contribution in [3.63, 3.8) is 0 Å². The molecule has 0 aliphatic heterocycles. The van der Waals surface area contributed by atoms with Crippen LogP contribution in [0.5, 0.6) is 17.2 Å². The van der Waals surface area contributed by atoms with Crippen molar-refractivity contribution >= 4 is 68.5 Å². The Morgan fingerprint density at radius 3 is 1.65 bits per heavy atom. The third-order valence-corrected chi connectivity index (χ3v) is 8.37. The molecule has 4 aromatic rings. The van der Waals surface area contributed by atoms with Gasteiger partial charge in [-0.2, -0.15) is 18.6 Å². The first-order chi connectivity index (χ1) is 25.7. The van der Waals surface area contributed by atoms with Gasteiger partial charge < -0.3 is 20.4 Å². The topological polar surface area (TPSA) is 270 Å². The lowest BCUT2D eigenvalue weighted by Crippen LogP contribution is -2.12. The molecule has 0 radical (unpaired) electrons. The Hall–Kier alpha value is -6.31. The van der Waals surface area contributed by atoms with Gasteiger partial charge in [0.1, 0.15) is 39.1 Å². The highest BCUT2D eigenvalue weighted by molar-refractivity contribution is 7.86. The average molecular weight is 796 g/mol. The summed E-state index contributed by atoms with van der Waals surface area (Å²) in [4.78, 5) is 21.5. The first kappa shape index (κ1) is 46.7. The van der Waals surface area contributed by atoms with E-state index in [0.29, 0.717) is 23.2 Å². The number of carboxylic acids is 1. The molecule has 0 amide bonds. The summed E-state index contributed by atoms with van der Waals surface area (Å²) < 4.78 is 32.3. The molecule has 4 rings (SSSR count). The van der Waals surface area contributed by atoms with Crippen LogP contribution >= 0.6 is 12.6 Å². The number of azo groups is 3. The Balaban J connectivity index is 0.00000122. The average Bonchev–Trinajstić information content (AvgIpc) is 3.12. The summed E-state index contributed by atoms with van der Waals surface area (Å²) in [5, 5.41) is 74.2. The van der Waals surface area contributed by atoms with E-state index < -0.39 is 60.2 Å². The molecule has 0 atom stereocenters. The quantitative estimate of drug-likeness (QED) is 0.0233. The molecule has 292 valence electrons. The molecule has 0 bridgehead atoms. The van der Waals surface area contributed by atoms with Crippen molar-refractivity contribution in [1.82, 2.24) is 0 Å². The Morgan fingerprint density at radius 2 is 1.20 bits per heavy atom. The number of hydrogen-bond acceptors (Lipinski definition) is 15. The predicted octanol–water partition coefficient (Wildman–Crippen LogP) is 11.5. The van der Waals surface area contributed by atoms with Crippen LogP contribution in [0.15, 0.2) is 134 Å². The number of hydrogen-bond donors (Lipinski definition) is 6. The number of aromatic carboxylic acids is 1. The summed E-state index contributed by atoms with van der Waals surface area (Å²) in [6, 6.07) is 13.4. The SMILES string of the molecule is C=C.C=C.CC(C)C(C)(C)C.O=C(O)c1cc(N=Nc2ccc(S)cc2)ccc1N=Nc1cc(N=Nc2cc([N+](=O)[O-])cc(S(=O)(=O)O)c2O)c(O)cc1O. The highest BCUT2D eigenvalue weighted by Crippen LogP contribution is 2.42. The minimum atomic E-state index is -5.10. The van der Waals surface area contributed by atoms with Crippen molar-refractivity contribution in [2.24, 2.45) is 42.0 Å². The fourth-order valence-electron chi connectivity index (χ4n) is 3.37. The molecule has 0 saturated carbocycles. The number of phenols is 3. The van der Waals surface area contributed by atoms with E-state index in [4.69, 9.17) is 0 Å². The second-order valence-electron chi connectivity index (χ2n) is 12.0. The highest BCUT2D eigenvalue weighted by atomic mass is 32.2. The standard InChI is InChI=1S/C25H17N7O10S2.C7H16.2C2H4/c33-21-11-22(34)19(30-31-20-8-14(32(38)39)9-23(24(20)35)44(40,41)42)10-18(21)29-28-17-6-3-13(7-16(17)25(36)37)27-26-12-1-4-15(43)5-2-12;1-6(2)7(3,4)5;2*1-2/h1-11,33-35,43H,(H,36,37)(H,40,41,42);6H,1-5H3;2*1-2H2. The molecule has 5 N–H and O–H groups in total. The smallest absolute Gasteiger partial charge is 0.338 e. The number of carbonyl (C=O) groups is 1. The summed E-state index contributed by atoms with van der Waals surface area (Å²) >= 11 is 4.18. The largest absolute Gasteiger partial charge is 0.505 e. The fraction of sp³-hybridized carbons (Fsp3) is 0.194. The molecule has 4 aromatic carbocycles. The lowest BCUT2D eigenvalue weighted by atomic mass is 9.84. The Labute approximate surface area is 323 Å². The number of aromatic hydroxyl groups is 3. The third-order valence-electron chi connectivity index (χ3n) is 7.20. The van der Waals surface area contributed by atoms with Crippen molar-refractivity contribution in [2.45, 2.75) is 44.4 Å². The molecule has 0 unspecified atom stereocenters. The van der Waals surface area contributed by atoms with Gasteiger partial charge in [0, 0.05) is 29.2 Å². The number of thiol groups is 1. The first-order valence-corrected chi connectivity index (χ1v) is 17.5. The minimum absolute atomic E-state index is 0.147. The van der Waals surface area contributed by atoms with Gasteiger partial charge in [-0.25, -0.2) is 4.79 Å². The van der Waals surface area contributed by atoms with Crippen LogP contribution in [-0.2, 0) is 10.1 Å². The molecule has 19 heteroatoms. The third kappa shape index (κ3) is 14.2. The van der Waals surface area contributed by atoms with Crippen molar-refractivity contribution in [3.05, 3.63) is 109 Å². The van der Waals surface area contributed by atoms with Gasteiger partial charge in [0.25, 0.3) is 15.8 Å². The van der Waals surface area contributed by atoms with Gasteiger partial charge in [-0.05, 0) is 53.8 Å². The maximum absolute atomic E-state index is 11.9. The first-order valence-electron chi connectivity index (χ1n) is 15.6. The summed E-state index contributed by atoms with van der Waals surface area (Å²) in [7, 11) is -5.10. The molecule has 0 aliphatic carbocycles. The molecular weight excluding hydrogens is 755 g/mol. The van der Waals surface area contributed by atoms with E-state index in [-0.39, 0.29) is 22.6 Å². The van der Waals surface area contributed by atoms with Crippen LogP contribution in [0.3, 0.4) is 0 Å². The monoisotopic (exact) mass is 795 g/mol. The van der Waals surface area contributed by atoms with E-state index in [1.807, 2.05) is 0 Å². The Morgan fingerprint density at radius 1 is 0.745 bits per heavy atom. The number of nitro groups is 1. The van der Waals surface area contributed by atoms with Crippen LogP contribution in [0.4, 0.5) is 39.8 Å². The maximum Gasteiger partial charge on any atom is 0.338 e. The molecule has 0 fully saturated rings. The molecule has 0 aliphatic rings. The summed E-state index contributed by atoms with van der Waals surface area (Å²) in [5.74, 6) is -3.05. The van der Waals surface area contributed by atoms with Crippen molar-refractivity contribution in [2.75, 3.05) is 0 Å². The number of nitro benzene ring substituents is 1. The van der Waals surface area contributed by atoms with Crippen LogP contribution < -0.4 is 0 Å². The van der Waals surface area contributed by atoms with Gasteiger partial charge in [-0.1, -0.05) is 34.6 Å². The normalized spacial score (nSPS) is 11.3. The van der Waals surface area contributed by atoms with Gasteiger partial charge in [-0.3, -0.25) is 14.7 Å². The molecule has 0 aromatic heterocycles. The van der Waals surface area contributed by atoms with Crippen LogP contribution in [0.25, 0.3) is 0 Å². The molecule has 0 saturated heterocycles. The van der Waals surface area contributed by atoms with Gasteiger partial charge in [0.15, 0.2) is 5.75 Å². The van der Waals surface area contributed by atoms with Gasteiger partial charge >= 0.3 is 5.97 Å². The molecule has 0 heterocycles. The molecule has 55 heavy (non-hydrogen) atoms. The molecular formula is C36H41N7O10S2. The minimum Gasteiger partial charge on any atom is -0.505 e. The van der Waals surface area contributed by atoms with Gasteiger partial charge in [0.05, 0.1) is 21.9 Å². The maximum atomic E-state index is 11.9. The number of non-ortho nitro benzene ring substituents is 1. The van der Waals surface area contributed by atoms with Crippen molar-refractivity contribution in [3.8, 4) is 17.2 Å². The zero-order valence-corrected chi connectivity index (χ0v) is 32.2. The number of benzene rings is 4. The molecule has 0 spiro atoms. The lowest BCUT2D eigenvalue weighted by Gasteiger charge is -2.22. The summed E-state index contributed by atoms with van der Waals surface area (Å²) in [6.07, 6.45) is 0. The Kier molecular flexibility index (Phi) is 17.7. The fourth-order valence-corrected chi connectivity index (χ4v) is 4.13. The number of nitrogens with zero attached hydrogens (tertiary/aromatic N) is 7. The summed E-state index contributed by atoms with van der Waals surface area (Å²) in [5.41, 5.74) is -1.67. The van der Waals surface area contributed by atoms with Crippen LogP contribution in [0.2, 0.25) is 0 Å². The zero-order valence-electron chi connectivity index (χ0n) is 30.5. The van der Waals surface area contributed by atoms with Crippen LogP contribution in [-0.4, -0.2) is 44.3 Å². The van der Waals surface area contributed by atoms with Crippen LogP contribution in [0, 0.1) is 21.4 Å². The van der Waals surface area contributed by atoms with Gasteiger partial charge in [0.2, 0.25) is 0 Å². The highest BCUT2D eigenvalue weighted by Gasteiger charge is 2.24. The van der Waals surface area contributed by atoms with E-state index in [9.17, 15) is 48.3 Å². The number of carboxylic acid groups (broad SMARTS) is 1. The van der Waals surface area contributed by atoms with Gasteiger partial charge in [-0.15, -0.1) is 59.4 Å². The predicted molar refractivity (Wildman–Crippen MR) is 211 cm³/mol. The summed E-state index contributed by atoms with van der Waals surface area (Å²) in [6.45, 7) is 23.3. The van der Waals surface area contributed by atoms with E-state index >= 15 is 0 Å². The zero-order chi connectivity index (χ0) is 42.3. The van der Waals surface area contributed by atoms with E-state index in [0.717, 1.165) is 22.9 Å².